The lowest BCUT2D eigenvalue weighted by atomic mass is 9.77. The van der Waals surface area contributed by atoms with Crippen molar-refractivity contribution in [3.05, 3.63) is 53.6 Å². The molecule has 0 amide bonds. The summed E-state index contributed by atoms with van der Waals surface area (Å²) < 4.78 is 4.81. The molecular weight excluding hydrogens is 374 g/mol. The van der Waals surface area contributed by atoms with Crippen molar-refractivity contribution in [3.63, 3.8) is 0 Å². The molecule has 30 heavy (non-hydrogen) atoms. The number of carbonyl (C=O) groups is 1. The van der Waals surface area contributed by atoms with E-state index in [1.54, 1.807) is 13.8 Å². The Morgan fingerprint density at radius 1 is 1.07 bits per heavy atom. The first-order valence-electron chi connectivity index (χ1n) is 11.0. The van der Waals surface area contributed by atoms with Crippen molar-refractivity contribution in [2.75, 3.05) is 19.0 Å². The van der Waals surface area contributed by atoms with Crippen molar-refractivity contribution in [2.45, 2.75) is 64.4 Å². The Hall–Kier alpha value is -2.33. The average Bonchev–Trinajstić information content (AvgIpc) is 2.73. The fourth-order valence-corrected chi connectivity index (χ4v) is 4.32. The molecule has 0 aliphatic heterocycles. The molecule has 3 rings (SSSR count). The SMILES string of the molecule is COC(=O)CC1CCC(c2ccc(-c3ccc(NCC(C)(C)O)c(C)c3)cc2)CC1. The molecule has 0 heterocycles. The number of methoxy groups -OCH3 is 1. The minimum atomic E-state index is -0.737. The van der Waals surface area contributed by atoms with Gasteiger partial charge in [-0.25, -0.2) is 0 Å². The summed E-state index contributed by atoms with van der Waals surface area (Å²) in [6.07, 6.45) is 5.03. The number of hydrogen-bond acceptors (Lipinski definition) is 4. The molecule has 4 heteroatoms. The summed E-state index contributed by atoms with van der Waals surface area (Å²) in [7, 11) is 1.47. The van der Waals surface area contributed by atoms with Crippen LogP contribution in [0.4, 0.5) is 5.69 Å². The maximum Gasteiger partial charge on any atom is 0.305 e. The lowest BCUT2D eigenvalue weighted by Gasteiger charge is -2.28. The van der Waals surface area contributed by atoms with Gasteiger partial charge < -0.3 is 15.2 Å². The van der Waals surface area contributed by atoms with E-state index in [0.717, 1.165) is 31.4 Å². The summed E-state index contributed by atoms with van der Waals surface area (Å²) in [5, 5.41) is 13.2. The zero-order valence-corrected chi connectivity index (χ0v) is 18.7. The average molecular weight is 410 g/mol. The van der Waals surface area contributed by atoms with Crippen molar-refractivity contribution in [2.24, 2.45) is 5.92 Å². The van der Waals surface area contributed by atoms with Crippen LogP contribution in [0.5, 0.6) is 0 Å². The third-order valence-corrected chi connectivity index (χ3v) is 6.18. The molecule has 162 valence electrons. The molecular formula is C26H35NO3. The number of nitrogens with one attached hydrogen (secondary N) is 1. The lowest BCUT2D eigenvalue weighted by Crippen LogP contribution is -2.29. The first kappa shape index (κ1) is 22.4. The van der Waals surface area contributed by atoms with Crippen LogP contribution in [0.2, 0.25) is 0 Å². The molecule has 2 N–H and O–H groups in total. The quantitative estimate of drug-likeness (QED) is 0.578. The second-order valence-electron chi connectivity index (χ2n) is 9.32. The van der Waals surface area contributed by atoms with Crippen LogP contribution in [0.25, 0.3) is 11.1 Å². The van der Waals surface area contributed by atoms with E-state index in [-0.39, 0.29) is 5.97 Å². The van der Waals surface area contributed by atoms with Gasteiger partial charge in [0, 0.05) is 18.7 Å². The maximum atomic E-state index is 11.5. The highest BCUT2D eigenvalue weighted by atomic mass is 16.5. The maximum absolute atomic E-state index is 11.5. The Balaban J connectivity index is 1.61. The molecule has 0 atom stereocenters. The zero-order valence-electron chi connectivity index (χ0n) is 18.7. The van der Waals surface area contributed by atoms with Crippen molar-refractivity contribution < 1.29 is 14.6 Å². The lowest BCUT2D eigenvalue weighted by molar-refractivity contribution is -0.142. The van der Waals surface area contributed by atoms with E-state index in [4.69, 9.17) is 4.74 Å². The van der Waals surface area contributed by atoms with Gasteiger partial charge in [0.1, 0.15) is 0 Å². The predicted molar refractivity (Wildman–Crippen MR) is 123 cm³/mol. The Morgan fingerprint density at radius 2 is 1.70 bits per heavy atom. The highest BCUT2D eigenvalue weighted by Gasteiger charge is 2.24. The van der Waals surface area contributed by atoms with E-state index >= 15 is 0 Å². The second kappa shape index (κ2) is 9.65. The number of ether oxygens (including phenoxy) is 1. The number of aliphatic hydroxyl groups is 1. The topological polar surface area (TPSA) is 58.6 Å². The summed E-state index contributed by atoms with van der Waals surface area (Å²) >= 11 is 0. The van der Waals surface area contributed by atoms with Crippen LogP contribution in [0.15, 0.2) is 42.5 Å². The number of esters is 1. The second-order valence-corrected chi connectivity index (χ2v) is 9.32. The van der Waals surface area contributed by atoms with Crippen LogP contribution in [0.3, 0.4) is 0 Å². The highest BCUT2D eigenvalue weighted by Crippen LogP contribution is 2.38. The van der Waals surface area contributed by atoms with Gasteiger partial charge in [0.25, 0.3) is 0 Å². The molecule has 0 bridgehead atoms. The zero-order chi connectivity index (χ0) is 21.7. The monoisotopic (exact) mass is 409 g/mol. The van der Waals surface area contributed by atoms with E-state index in [2.05, 4.69) is 54.7 Å². The highest BCUT2D eigenvalue weighted by molar-refractivity contribution is 5.69. The van der Waals surface area contributed by atoms with Crippen LogP contribution in [0, 0.1) is 12.8 Å². The van der Waals surface area contributed by atoms with Crippen molar-refractivity contribution in [1.29, 1.82) is 0 Å². The van der Waals surface area contributed by atoms with Gasteiger partial charge >= 0.3 is 5.97 Å². The van der Waals surface area contributed by atoms with E-state index in [1.807, 2.05) is 0 Å². The number of aryl methyl sites for hydroxylation is 1. The summed E-state index contributed by atoms with van der Waals surface area (Å²) in [6.45, 7) is 6.22. The molecule has 4 nitrogen and oxygen atoms in total. The van der Waals surface area contributed by atoms with Gasteiger partial charge in [0.15, 0.2) is 0 Å². The third kappa shape index (κ3) is 6.09. The standard InChI is InChI=1S/C26H35NO3/c1-18-15-23(13-14-24(18)27-17-26(2,3)29)22-11-9-21(10-12-22)20-7-5-19(6-8-20)16-25(28)30-4/h9-15,19-20,27,29H,5-8,16-17H2,1-4H3. The van der Waals surface area contributed by atoms with Gasteiger partial charge in [0.05, 0.1) is 12.7 Å². The van der Waals surface area contributed by atoms with E-state index < -0.39 is 5.60 Å². The van der Waals surface area contributed by atoms with Gasteiger partial charge in [-0.2, -0.15) is 0 Å². The number of hydrogen-bond donors (Lipinski definition) is 2. The minimum Gasteiger partial charge on any atom is -0.469 e. The van der Waals surface area contributed by atoms with Crippen molar-refractivity contribution in [1.82, 2.24) is 0 Å². The molecule has 0 unspecified atom stereocenters. The van der Waals surface area contributed by atoms with Crippen LogP contribution >= 0.6 is 0 Å². The molecule has 2 aromatic rings. The molecule has 2 aromatic carbocycles. The summed E-state index contributed by atoms with van der Waals surface area (Å²) in [4.78, 5) is 11.5. The largest absolute Gasteiger partial charge is 0.469 e. The van der Waals surface area contributed by atoms with E-state index in [0.29, 0.717) is 24.8 Å². The van der Waals surface area contributed by atoms with Crippen LogP contribution in [0.1, 0.15) is 63.0 Å². The fraction of sp³-hybridized carbons (Fsp3) is 0.500. The predicted octanol–water partition coefficient (Wildman–Crippen LogP) is 5.68. The normalized spacial score (nSPS) is 19.4. The molecule has 1 saturated carbocycles. The molecule has 0 radical (unpaired) electrons. The van der Waals surface area contributed by atoms with Crippen molar-refractivity contribution >= 4 is 11.7 Å². The van der Waals surface area contributed by atoms with Gasteiger partial charge in [0.2, 0.25) is 0 Å². The first-order valence-corrected chi connectivity index (χ1v) is 11.0. The van der Waals surface area contributed by atoms with E-state index in [9.17, 15) is 9.90 Å². The van der Waals surface area contributed by atoms with Crippen molar-refractivity contribution in [3.8, 4) is 11.1 Å². The number of benzene rings is 2. The Bertz CT molecular complexity index is 844. The summed E-state index contributed by atoms with van der Waals surface area (Å²) in [5.74, 6) is 0.974. The summed E-state index contributed by atoms with van der Waals surface area (Å²) in [5.41, 5.74) is 5.31. The van der Waals surface area contributed by atoms with Gasteiger partial charge in [-0.1, -0.05) is 30.3 Å². The molecule has 0 aromatic heterocycles. The smallest absolute Gasteiger partial charge is 0.305 e. The molecule has 0 spiro atoms. The van der Waals surface area contributed by atoms with Gasteiger partial charge in [-0.15, -0.1) is 0 Å². The Kier molecular flexibility index (Phi) is 7.19. The number of rotatable bonds is 7. The van der Waals surface area contributed by atoms with Gasteiger partial charge in [-0.3, -0.25) is 4.79 Å². The first-order chi connectivity index (χ1) is 14.2. The molecule has 0 saturated heterocycles. The van der Waals surface area contributed by atoms with Crippen LogP contribution < -0.4 is 5.32 Å². The fourth-order valence-electron chi connectivity index (χ4n) is 4.32. The van der Waals surface area contributed by atoms with Crippen LogP contribution in [-0.4, -0.2) is 30.3 Å². The third-order valence-electron chi connectivity index (χ3n) is 6.18. The minimum absolute atomic E-state index is 0.0839. The Morgan fingerprint density at radius 3 is 2.27 bits per heavy atom. The Labute approximate surface area is 180 Å². The molecule has 1 aliphatic carbocycles. The molecule has 1 fully saturated rings. The number of anilines is 1. The van der Waals surface area contributed by atoms with Crippen LogP contribution in [-0.2, 0) is 9.53 Å². The summed E-state index contributed by atoms with van der Waals surface area (Å²) in [6, 6.07) is 15.4. The van der Waals surface area contributed by atoms with Gasteiger partial charge in [-0.05, 0) is 92.7 Å². The number of carbonyl (C=O) groups excluding carboxylic acids is 1. The van der Waals surface area contributed by atoms with E-state index in [1.165, 1.54) is 29.4 Å². The molecule has 1 aliphatic rings.